The average molecular weight is 406 g/mol. The summed E-state index contributed by atoms with van der Waals surface area (Å²) in [7, 11) is 0. The molecular formula is C22H22N4O4. The van der Waals surface area contributed by atoms with E-state index in [4.69, 9.17) is 15.2 Å². The fourth-order valence-electron chi connectivity index (χ4n) is 3.12. The summed E-state index contributed by atoms with van der Waals surface area (Å²) >= 11 is 0. The number of hydrogen-bond acceptors (Lipinski definition) is 4. The van der Waals surface area contributed by atoms with Gasteiger partial charge in [-0.3, -0.25) is 4.99 Å². The normalized spacial score (nSPS) is 13.3. The van der Waals surface area contributed by atoms with Gasteiger partial charge in [0, 0.05) is 54.3 Å². The van der Waals surface area contributed by atoms with Crippen molar-refractivity contribution in [2.24, 2.45) is 4.99 Å². The minimum Gasteiger partial charge on any atom is -0.478 e. The van der Waals surface area contributed by atoms with Gasteiger partial charge in [-0.2, -0.15) is 0 Å². The number of rotatable bonds is 7. The molecule has 2 aromatic carbocycles. The van der Waals surface area contributed by atoms with Gasteiger partial charge in [0.25, 0.3) is 0 Å². The standard InChI is InChI=1S/C18H18N4.C4H4O4/c1(2-11-22-12-10-19-13-22)9-20-18-15-7-3-5-14-6-4-8-16(21-18)17(14)15;5-3(6)1-2-4(7)8/h3-8,10,12-13H,1-2,9,11H2,(H,20,21);1-2H,(H,5,6)(H,7,8). The predicted molar refractivity (Wildman–Crippen MR) is 115 cm³/mol. The van der Waals surface area contributed by atoms with E-state index >= 15 is 0 Å². The Bertz CT molecular complexity index is 1070. The number of aliphatic carboxylic acids is 2. The SMILES string of the molecule is O=C(O)C=CC(=O)O.c1cc2c3c(cccc3c1)C(=NCCCCn1ccnc1)N2. The van der Waals surface area contributed by atoms with E-state index in [2.05, 4.69) is 51.3 Å². The maximum atomic E-state index is 9.55. The summed E-state index contributed by atoms with van der Waals surface area (Å²) in [6.45, 7) is 1.86. The number of amidine groups is 1. The van der Waals surface area contributed by atoms with Crippen LogP contribution in [0.4, 0.5) is 5.69 Å². The highest BCUT2D eigenvalue weighted by Crippen LogP contribution is 2.32. The number of anilines is 1. The maximum absolute atomic E-state index is 9.55. The molecule has 0 aliphatic carbocycles. The van der Waals surface area contributed by atoms with Gasteiger partial charge in [0.15, 0.2) is 0 Å². The number of imidazole rings is 1. The Balaban J connectivity index is 0.000000275. The van der Waals surface area contributed by atoms with Gasteiger partial charge in [0.05, 0.1) is 6.33 Å². The zero-order valence-corrected chi connectivity index (χ0v) is 16.2. The van der Waals surface area contributed by atoms with Crippen molar-refractivity contribution in [1.29, 1.82) is 0 Å². The van der Waals surface area contributed by atoms with E-state index in [0.717, 1.165) is 31.8 Å². The van der Waals surface area contributed by atoms with Crippen molar-refractivity contribution >= 4 is 34.2 Å². The molecule has 3 N–H and O–H groups in total. The highest BCUT2D eigenvalue weighted by molar-refractivity contribution is 6.25. The molecule has 1 aliphatic heterocycles. The summed E-state index contributed by atoms with van der Waals surface area (Å²) in [5.41, 5.74) is 2.40. The number of carboxylic acids is 2. The number of aryl methyl sites for hydroxylation is 1. The Kier molecular flexibility index (Phi) is 6.94. The van der Waals surface area contributed by atoms with Crippen LogP contribution in [-0.2, 0) is 16.1 Å². The number of nitrogens with zero attached hydrogens (tertiary/aromatic N) is 3. The van der Waals surface area contributed by atoms with E-state index in [-0.39, 0.29) is 0 Å². The zero-order chi connectivity index (χ0) is 21.3. The van der Waals surface area contributed by atoms with E-state index in [9.17, 15) is 9.59 Å². The molecule has 1 aliphatic rings. The van der Waals surface area contributed by atoms with Crippen LogP contribution in [0.2, 0.25) is 0 Å². The molecule has 8 heteroatoms. The van der Waals surface area contributed by atoms with Crippen molar-refractivity contribution in [1.82, 2.24) is 9.55 Å². The summed E-state index contributed by atoms with van der Waals surface area (Å²) in [4.78, 5) is 27.9. The van der Waals surface area contributed by atoms with E-state index in [1.807, 2.05) is 18.7 Å². The lowest BCUT2D eigenvalue weighted by Gasteiger charge is -2.02. The first-order valence-corrected chi connectivity index (χ1v) is 9.48. The van der Waals surface area contributed by atoms with Crippen LogP contribution in [0.3, 0.4) is 0 Å². The average Bonchev–Trinajstić information content (AvgIpc) is 3.37. The summed E-state index contributed by atoms with van der Waals surface area (Å²) in [6.07, 6.45) is 8.99. The maximum Gasteiger partial charge on any atom is 0.328 e. The van der Waals surface area contributed by atoms with E-state index in [1.54, 1.807) is 0 Å². The fourth-order valence-corrected chi connectivity index (χ4v) is 3.12. The van der Waals surface area contributed by atoms with Crippen molar-refractivity contribution in [2.45, 2.75) is 19.4 Å². The van der Waals surface area contributed by atoms with Crippen LogP contribution in [0.1, 0.15) is 18.4 Å². The molecule has 0 radical (unpaired) electrons. The molecule has 2 heterocycles. The van der Waals surface area contributed by atoms with Gasteiger partial charge in [0.1, 0.15) is 5.84 Å². The second-order valence-electron chi connectivity index (χ2n) is 6.58. The predicted octanol–water partition coefficient (Wildman–Crippen LogP) is 3.40. The van der Waals surface area contributed by atoms with E-state index in [1.165, 1.54) is 22.0 Å². The van der Waals surface area contributed by atoms with E-state index < -0.39 is 11.9 Å². The van der Waals surface area contributed by atoms with Gasteiger partial charge in [-0.1, -0.05) is 30.3 Å². The van der Waals surface area contributed by atoms with Crippen LogP contribution < -0.4 is 5.32 Å². The number of carboxylic acid groups (broad SMARTS) is 2. The number of aliphatic imine (C=N–C) groups is 1. The molecule has 154 valence electrons. The van der Waals surface area contributed by atoms with Crippen LogP contribution in [0.25, 0.3) is 10.8 Å². The van der Waals surface area contributed by atoms with Gasteiger partial charge >= 0.3 is 11.9 Å². The Labute approximate surface area is 173 Å². The molecule has 0 atom stereocenters. The molecule has 4 rings (SSSR count). The first-order chi connectivity index (χ1) is 14.5. The topological polar surface area (TPSA) is 117 Å². The molecule has 0 spiro atoms. The van der Waals surface area contributed by atoms with Crippen molar-refractivity contribution in [3.63, 3.8) is 0 Å². The van der Waals surface area contributed by atoms with Crippen molar-refractivity contribution in [3.05, 3.63) is 72.8 Å². The van der Waals surface area contributed by atoms with Gasteiger partial charge in [-0.05, 0) is 24.3 Å². The van der Waals surface area contributed by atoms with Crippen LogP contribution >= 0.6 is 0 Å². The molecular weight excluding hydrogens is 384 g/mol. The Morgan fingerprint density at radius 1 is 1.07 bits per heavy atom. The molecule has 30 heavy (non-hydrogen) atoms. The number of aromatic nitrogens is 2. The first kappa shape index (κ1) is 20.8. The quantitative estimate of drug-likeness (QED) is 0.409. The van der Waals surface area contributed by atoms with Crippen LogP contribution in [0, 0.1) is 0 Å². The monoisotopic (exact) mass is 406 g/mol. The summed E-state index contributed by atoms with van der Waals surface area (Å²) < 4.78 is 2.11. The molecule has 8 nitrogen and oxygen atoms in total. The van der Waals surface area contributed by atoms with Crippen LogP contribution in [0.15, 0.2) is 72.3 Å². The summed E-state index contributed by atoms with van der Waals surface area (Å²) in [6, 6.07) is 12.8. The summed E-state index contributed by atoms with van der Waals surface area (Å²) in [5.74, 6) is -1.51. The van der Waals surface area contributed by atoms with Gasteiger partial charge in [-0.15, -0.1) is 0 Å². The number of nitrogens with one attached hydrogen (secondary N) is 1. The van der Waals surface area contributed by atoms with Crippen molar-refractivity contribution in [3.8, 4) is 0 Å². The Morgan fingerprint density at radius 2 is 1.80 bits per heavy atom. The minimum absolute atomic E-state index is 0.558. The van der Waals surface area contributed by atoms with Gasteiger partial charge < -0.3 is 20.1 Å². The minimum atomic E-state index is -1.26. The Morgan fingerprint density at radius 3 is 2.47 bits per heavy atom. The smallest absolute Gasteiger partial charge is 0.328 e. The van der Waals surface area contributed by atoms with Crippen LogP contribution in [-0.4, -0.2) is 44.1 Å². The zero-order valence-electron chi connectivity index (χ0n) is 16.2. The third-order valence-electron chi connectivity index (χ3n) is 4.43. The van der Waals surface area contributed by atoms with Gasteiger partial charge in [0.2, 0.25) is 0 Å². The lowest BCUT2D eigenvalue weighted by atomic mass is 10.1. The second kappa shape index (κ2) is 10.0. The highest BCUT2D eigenvalue weighted by Gasteiger charge is 2.18. The lowest BCUT2D eigenvalue weighted by molar-refractivity contribution is -0.134. The lowest BCUT2D eigenvalue weighted by Crippen LogP contribution is -2.08. The number of carbonyl (C=O) groups is 2. The third-order valence-corrected chi connectivity index (χ3v) is 4.43. The highest BCUT2D eigenvalue weighted by atomic mass is 16.4. The fraction of sp³-hybridized carbons (Fsp3) is 0.182. The second-order valence-corrected chi connectivity index (χ2v) is 6.58. The summed E-state index contributed by atoms with van der Waals surface area (Å²) in [5, 5.41) is 21.6. The third kappa shape index (κ3) is 5.54. The molecule has 0 saturated heterocycles. The molecule has 0 fully saturated rings. The number of unbranched alkanes of at least 4 members (excludes halogenated alkanes) is 1. The van der Waals surface area contributed by atoms with Crippen molar-refractivity contribution < 1.29 is 19.8 Å². The van der Waals surface area contributed by atoms with Gasteiger partial charge in [-0.25, -0.2) is 14.6 Å². The molecule has 3 aromatic rings. The molecule has 0 amide bonds. The molecule has 0 saturated carbocycles. The van der Waals surface area contributed by atoms with Crippen molar-refractivity contribution in [2.75, 3.05) is 11.9 Å². The molecule has 0 unspecified atom stereocenters. The molecule has 0 bridgehead atoms. The number of benzene rings is 2. The van der Waals surface area contributed by atoms with E-state index in [0.29, 0.717) is 12.2 Å². The Hall–Kier alpha value is -3.94. The molecule has 1 aromatic heterocycles. The largest absolute Gasteiger partial charge is 0.478 e. The van der Waals surface area contributed by atoms with Crippen LogP contribution in [0.5, 0.6) is 0 Å². The first-order valence-electron chi connectivity index (χ1n) is 9.48. The number of hydrogen-bond donors (Lipinski definition) is 3.